The van der Waals surface area contributed by atoms with Gasteiger partial charge >= 0.3 is 11.7 Å². The molecule has 0 radical (unpaired) electrons. The van der Waals surface area contributed by atoms with E-state index in [0.29, 0.717) is 0 Å². The van der Waals surface area contributed by atoms with Gasteiger partial charge in [-0.05, 0) is 16.3 Å². The van der Waals surface area contributed by atoms with Crippen LogP contribution in [-0.2, 0) is 30.0 Å². The predicted octanol–water partition coefficient (Wildman–Crippen LogP) is 0.788. The Labute approximate surface area is 159 Å². The second-order valence-electron chi connectivity index (χ2n) is 6.41. The van der Waals surface area contributed by atoms with Gasteiger partial charge in [-0.3, -0.25) is 23.5 Å². The summed E-state index contributed by atoms with van der Waals surface area (Å²) in [4.78, 5) is 48.4. The molecule has 1 aromatic heterocycles. The molecule has 3 rings (SSSR count). The van der Waals surface area contributed by atoms with Crippen LogP contribution in [0.2, 0.25) is 0 Å². The number of ketones is 1. The molecule has 28 heavy (non-hydrogen) atoms. The monoisotopic (exact) mass is 381 g/mol. The minimum absolute atomic E-state index is 0.0150. The van der Waals surface area contributed by atoms with Gasteiger partial charge in [0.15, 0.2) is 6.61 Å². The summed E-state index contributed by atoms with van der Waals surface area (Å²) in [6, 6.07) is 13.3. The van der Waals surface area contributed by atoms with Crippen molar-refractivity contribution < 1.29 is 14.3 Å². The molecule has 8 heteroatoms. The molecule has 0 saturated carbocycles. The van der Waals surface area contributed by atoms with Crippen LogP contribution in [0, 0.1) is 0 Å². The van der Waals surface area contributed by atoms with Crippen LogP contribution in [0.25, 0.3) is 10.8 Å². The van der Waals surface area contributed by atoms with E-state index in [4.69, 9.17) is 10.5 Å². The number of ether oxygens (including phenoxy) is 1. The molecule has 2 N–H and O–H groups in total. The average molecular weight is 381 g/mol. The first-order valence-electron chi connectivity index (χ1n) is 8.51. The molecule has 0 fully saturated rings. The van der Waals surface area contributed by atoms with Crippen LogP contribution in [0.1, 0.15) is 15.9 Å². The Morgan fingerprint density at radius 3 is 2.39 bits per heavy atom. The lowest BCUT2D eigenvalue weighted by Crippen LogP contribution is -2.42. The number of Topliss-reactive ketones (excluding diaryl/α,β-unsaturated/α-hetero) is 1. The van der Waals surface area contributed by atoms with Crippen molar-refractivity contribution in [1.82, 2.24) is 9.13 Å². The SMILES string of the molecule is Cn1c(N)c(C(=O)COC(=O)Cc2ccc3ccccc3c2)c(=O)n(C)c1=O. The van der Waals surface area contributed by atoms with Crippen LogP contribution in [0.3, 0.4) is 0 Å². The van der Waals surface area contributed by atoms with E-state index in [1.807, 2.05) is 42.5 Å². The number of aromatic nitrogens is 2. The maximum Gasteiger partial charge on any atom is 0.332 e. The number of carbonyl (C=O) groups excluding carboxylic acids is 2. The first-order valence-corrected chi connectivity index (χ1v) is 8.51. The molecule has 0 amide bonds. The predicted molar refractivity (Wildman–Crippen MR) is 104 cm³/mol. The van der Waals surface area contributed by atoms with Gasteiger partial charge in [-0.1, -0.05) is 42.5 Å². The highest BCUT2D eigenvalue weighted by molar-refractivity contribution is 6.01. The lowest BCUT2D eigenvalue weighted by molar-refractivity contribution is -0.141. The number of fused-ring (bicyclic) bond motifs is 1. The summed E-state index contributed by atoms with van der Waals surface area (Å²) in [6.45, 7) is -0.635. The molecule has 3 aromatic rings. The van der Waals surface area contributed by atoms with E-state index in [-0.39, 0.29) is 17.8 Å². The Hall–Kier alpha value is -3.68. The number of carbonyl (C=O) groups is 2. The van der Waals surface area contributed by atoms with Crippen molar-refractivity contribution in [2.45, 2.75) is 6.42 Å². The maximum atomic E-state index is 12.3. The van der Waals surface area contributed by atoms with E-state index in [1.54, 1.807) is 0 Å². The Morgan fingerprint density at radius 1 is 1.00 bits per heavy atom. The molecule has 0 atom stereocenters. The third kappa shape index (κ3) is 3.57. The van der Waals surface area contributed by atoms with Crippen LogP contribution in [-0.4, -0.2) is 27.5 Å². The van der Waals surface area contributed by atoms with Crippen LogP contribution in [0.4, 0.5) is 5.82 Å². The second kappa shape index (κ2) is 7.51. The molecule has 2 aromatic carbocycles. The largest absolute Gasteiger partial charge is 0.457 e. The average Bonchev–Trinajstić information content (AvgIpc) is 2.69. The Kier molecular flexibility index (Phi) is 5.12. The number of nitrogens with two attached hydrogens (primary N) is 1. The summed E-state index contributed by atoms with van der Waals surface area (Å²) in [5.74, 6) is -1.63. The molecule has 144 valence electrons. The molecule has 1 heterocycles. The summed E-state index contributed by atoms with van der Waals surface area (Å²) >= 11 is 0. The van der Waals surface area contributed by atoms with Crippen LogP contribution >= 0.6 is 0 Å². The topological polar surface area (TPSA) is 113 Å². The molecule has 8 nitrogen and oxygen atoms in total. The Morgan fingerprint density at radius 2 is 1.68 bits per heavy atom. The van der Waals surface area contributed by atoms with Gasteiger partial charge in [0.05, 0.1) is 6.42 Å². The van der Waals surface area contributed by atoms with E-state index in [0.717, 1.165) is 25.5 Å². The van der Waals surface area contributed by atoms with Crippen molar-refractivity contribution in [3.63, 3.8) is 0 Å². The van der Waals surface area contributed by atoms with Crippen molar-refractivity contribution in [3.8, 4) is 0 Å². The fourth-order valence-electron chi connectivity index (χ4n) is 2.91. The first kappa shape index (κ1) is 19.1. The zero-order valence-corrected chi connectivity index (χ0v) is 15.5. The number of hydrogen-bond donors (Lipinski definition) is 1. The molecule has 0 aliphatic heterocycles. The van der Waals surface area contributed by atoms with Gasteiger partial charge in [0.2, 0.25) is 5.78 Å². The number of hydrogen-bond acceptors (Lipinski definition) is 6. The summed E-state index contributed by atoms with van der Waals surface area (Å²) in [7, 11) is 2.59. The van der Waals surface area contributed by atoms with E-state index in [9.17, 15) is 19.2 Å². The molecule has 0 aliphatic carbocycles. The molecule has 0 aliphatic rings. The lowest BCUT2D eigenvalue weighted by Gasteiger charge is -2.11. The first-order chi connectivity index (χ1) is 13.3. The molecule has 0 unspecified atom stereocenters. The van der Waals surface area contributed by atoms with Gasteiger partial charge in [-0.2, -0.15) is 0 Å². The number of benzene rings is 2. The van der Waals surface area contributed by atoms with Gasteiger partial charge < -0.3 is 10.5 Å². The van der Waals surface area contributed by atoms with E-state index >= 15 is 0 Å². The zero-order chi connectivity index (χ0) is 20.4. The number of nitrogen functional groups attached to an aromatic ring is 1. The minimum atomic E-state index is -0.823. The van der Waals surface area contributed by atoms with Crippen molar-refractivity contribution in [2.24, 2.45) is 14.1 Å². The van der Waals surface area contributed by atoms with Gasteiger partial charge in [0, 0.05) is 14.1 Å². The normalized spacial score (nSPS) is 10.8. The van der Waals surface area contributed by atoms with Crippen LogP contribution < -0.4 is 17.0 Å². The van der Waals surface area contributed by atoms with E-state index in [2.05, 4.69) is 0 Å². The number of rotatable bonds is 5. The zero-order valence-electron chi connectivity index (χ0n) is 15.5. The summed E-state index contributed by atoms with van der Waals surface area (Å²) in [5, 5.41) is 2.04. The number of esters is 1. The maximum absolute atomic E-state index is 12.3. The number of anilines is 1. The van der Waals surface area contributed by atoms with Crippen molar-refractivity contribution >= 4 is 28.3 Å². The molecule has 0 saturated heterocycles. The van der Waals surface area contributed by atoms with Gasteiger partial charge in [-0.25, -0.2) is 4.79 Å². The quantitative estimate of drug-likeness (QED) is 0.516. The fourth-order valence-corrected chi connectivity index (χ4v) is 2.91. The number of nitrogens with zero attached hydrogens (tertiary/aromatic N) is 2. The lowest BCUT2D eigenvalue weighted by atomic mass is 10.1. The standard InChI is InChI=1S/C20H19N3O5/c1-22-18(21)17(19(26)23(2)20(22)27)15(24)11-28-16(25)10-12-7-8-13-5-3-4-6-14(13)9-12/h3-9H,10-11,21H2,1-2H3. The van der Waals surface area contributed by atoms with Crippen LogP contribution in [0.5, 0.6) is 0 Å². The van der Waals surface area contributed by atoms with Crippen molar-refractivity contribution in [1.29, 1.82) is 0 Å². The minimum Gasteiger partial charge on any atom is -0.457 e. The summed E-state index contributed by atoms with van der Waals surface area (Å²) < 4.78 is 6.78. The Balaban J connectivity index is 1.71. The summed E-state index contributed by atoms with van der Waals surface area (Å²) in [5.41, 5.74) is 4.63. The second-order valence-corrected chi connectivity index (χ2v) is 6.41. The smallest absolute Gasteiger partial charge is 0.332 e. The molecule has 0 spiro atoms. The Bertz CT molecular complexity index is 1210. The van der Waals surface area contributed by atoms with Gasteiger partial charge in [0.25, 0.3) is 5.56 Å². The highest BCUT2D eigenvalue weighted by Gasteiger charge is 2.21. The highest BCUT2D eigenvalue weighted by atomic mass is 16.5. The fraction of sp³-hybridized carbons (Fsp3) is 0.200. The van der Waals surface area contributed by atoms with E-state index in [1.165, 1.54) is 14.1 Å². The molecular weight excluding hydrogens is 362 g/mol. The highest BCUT2D eigenvalue weighted by Crippen LogP contribution is 2.16. The van der Waals surface area contributed by atoms with Gasteiger partial charge in [-0.15, -0.1) is 0 Å². The molecular formula is C20H19N3O5. The third-order valence-corrected chi connectivity index (χ3v) is 4.52. The molecule has 0 bridgehead atoms. The van der Waals surface area contributed by atoms with Crippen molar-refractivity contribution in [2.75, 3.05) is 12.3 Å². The van der Waals surface area contributed by atoms with E-state index < -0.39 is 29.6 Å². The third-order valence-electron chi connectivity index (χ3n) is 4.52. The summed E-state index contributed by atoms with van der Waals surface area (Å²) in [6.07, 6.45) is -0.0150. The van der Waals surface area contributed by atoms with Crippen LogP contribution in [0.15, 0.2) is 52.1 Å². The van der Waals surface area contributed by atoms with Gasteiger partial charge in [0.1, 0.15) is 11.4 Å². The van der Waals surface area contributed by atoms with Crippen molar-refractivity contribution in [3.05, 3.63) is 74.4 Å².